The van der Waals surface area contributed by atoms with Gasteiger partial charge in [0.15, 0.2) is 11.6 Å². The van der Waals surface area contributed by atoms with Gasteiger partial charge >= 0.3 is 0 Å². The maximum Gasteiger partial charge on any atom is 0.238 e. The molecule has 3 heterocycles. The second kappa shape index (κ2) is 8.22. The van der Waals surface area contributed by atoms with Gasteiger partial charge in [-0.15, -0.1) is 0 Å². The van der Waals surface area contributed by atoms with Crippen LogP contribution in [0.15, 0.2) is 78.9 Å². The van der Waals surface area contributed by atoms with Crippen molar-refractivity contribution in [2.75, 3.05) is 10.2 Å². The van der Waals surface area contributed by atoms with Gasteiger partial charge in [0.1, 0.15) is 17.3 Å². The number of rotatable bonds is 3. The third-order valence-electron chi connectivity index (χ3n) is 8.31. The minimum atomic E-state index is -1.43. The fraction of sp³-hybridized carbons (Fsp3) is 0.281. The van der Waals surface area contributed by atoms with Gasteiger partial charge < -0.3 is 10.2 Å². The Kier molecular flexibility index (Phi) is 5.25. The van der Waals surface area contributed by atoms with Crippen LogP contribution in [0.4, 0.5) is 15.8 Å². The number of hydrogen-bond donors (Lipinski definition) is 1. The lowest BCUT2D eigenvalue weighted by Crippen LogP contribution is -2.52. The van der Waals surface area contributed by atoms with Crippen molar-refractivity contribution in [3.8, 4) is 0 Å². The van der Waals surface area contributed by atoms with Crippen molar-refractivity contribution >= 4 is 34.4 Å². The number of Topliss-reactive ketones (excluding diaryl/α,β-unsaturated/α-hetero) is 2. The standard InChI is InChI=1S/C32H29FN2O3/c1-18-17-25-32(21-13-7-9-15-23(21)34-30(32)38)26(28(36)20-12-5-8-14-22(20)33)27(29(37)31(2,3)4)35(25)24-16-10-6-11-19(18)24/h5-17,25-27H,1-4H3,(H,34,38). The zero-order chi connectivity index (χ0) is 27.0. The Labute approximate surface area is 221 Å². The van der Waals surface area contributed by atoms with E-state index in [1.54, 1.807) is 6.07 Å². The molecule has 1 saturated heterocycles. The molecule has 1 N–H and O–H groups in total. The van der Waals surface area contributed by atoms with Crippen molar-refractivity contribution in [3.63, 3.8) is 0 Å². The van der Waals surface area contributed by atoms with Crippen LogP contribution in [0.1, 0.15) is 49.2 Å². The second-order valence-electron chi connectivity index (χ2n) is 11.5. The van der Waals surface area contributed by atoms with Gasteiger partial charge in [-0.1, -0.05) is 75.4 Å². The van der Waals surface area contributed by atoms with Crippen LogP contribution in [-0.4, -0.2) is 29.6 Å². The Morgan fingerprint density at radius 2 is 1.61 bits per heavy atom. The molecular formula is C32H29FN2O3. The maximum absolute atomic E-state index is 15.2. The van der Waals surface area contributed by atoms with E-state index < -0.39 is 40.4 Å². The third kappa shape index (κ3) is 3.12. The predicted octanol–water partition coefficient (Wildman–Crippen LogP) is 5.80. The van der Waals surface area contributed by atoms with E-state index >= 15 is 4.39 Å². The monoisotopic (exact) mass is 508 g/mol. The number of para-hydroxylation sites is 2. The van der Waals surface area contributed by atoms with Gasteiger partial charge in [-0.05, 0) is 42.3 Å². The highest BCUT2D eigenvalue weighted by atomic mass is 19.1. The lowest BCUT2D eigenvalue weighted by molar-refractivity contribution is -0.128. The summed E-state index contributed by atoms with van der Waals surface area (Å²) in [6, 6.07) is 19.3. The minimum Gasteiger partial charge on any atom is -0.352 e. The Morgan fingerprint density at radius 1 is 0.947 bits per heavy atom. The molecule has 6 rings (SSSR count). The average Bonchev–Trinajstić information content (AvgIpc) is 3.36. The van der Waals surface area contributed by atoms with E-state index in [-0.39, 0.29) is 17.3 Å². The summed E-state index contributed by atoms with van der Waals surface area (Å²) in [5, 5.41) is 3.00. The molecule has 5 nitrogen and oxygen atoms in total. The Hall–Kier alpha value is -4.06. The summed E-state index contributed by atoms with van der Waals surface area (Å²) in [5.74, 6) is -2.89. The van der Waals surface area contributed by atoms with E-state index in [0.29, 0.717) is 11.3 Å². The van der Waals surface area contributed by atoms with E-state index in [0.717, 1.165) is 16.8 Å². The molecule has 0 radical (unpaired) electrons. The summed E-state index contributed by atoms with van der Waals surface area (Å²) < 4.78 is 15.2. The Morgan fingerprint density at radius 3 is 2.34 bits per heavy atom. The number of benzene rings is 3. The van der Waals surface area contributed by atoms with E-state index in [2.05, 4.69) is 5.32 Å². The van der Waals surface area contributed by atoms with Crippen LogP contribution in [0.3, 0.4) is 0 Å². The van der Waals surface area contributed by atoms with Crippen LogP contribution in [-0.2, 0) is 15.0 Å². The molecule has 0 bridgehead atoms. The summed E-state index contributed by atoms with van der Waals surface area (Å²) in [5.41, 5.74) is 1.58. The second-order valence-corrected chi connectivity index (χ2v) is 11.5. The lowest BCUT2D eigenvalue weighted by atomic mass is 9.63. The number of anilines is 2. The van der Waals surface area contributed by atoms with Crippen molar-refractivity contribution in [1.82, 2.24) is 0 Å². The van der Waals surface area contributed by atoms with Gasteiger partial charge in [0.05, 0.1) is 17.5 Å². The van der Waals surface area contributed by atoms with E-state index in [9.17, 15) is 14.4 Å². The van der Waals surface area contributed by atoms with Crippen LogP contribution in [0.25, 0.3) is 5.57 Å². The van der Waals surface area contributed by atoms with Crippen LogP contribution in [0.5, 0.6) is 0 Å². The molecule has 1 fully saturated rings. The largest absolute Gasteiger partial charge is 0.352 e. The third-order valence-corrected chi connectivity index (χ3v) is 8.31. The van der Waals surface area contributed by atoms with E-state index in [1.165, 1.54) is 18.2 Å². The van der Waals surface area contributed by atoms with Crippen molar-refractivity contribution in [2.24, 2.45) is 11.3 Å². The number of amides is 1. The SMILES string of the molecule is CC1=CC2N(c3ccccc31)C(C(=O)C(C)(C)C)C(C(=O)c1ccccc1F)C21C(=O)Nc2ccccc21. The fourth-order valence-electron chi connectivity index (χ4n) is 6.66. The van der Waals surface area contributed by atoms with Crippen LogP contribution < -0.4 is 10.2 Å². The minimum absolute atomic E-state index is 0.116. The van der Waals surface area contributed by atoms with Crippen LogP contribution in [0.2, 0.25) is 0 Å². The molecular weight excluding hydrogens is 479 g/mol. The average molecular weight is 509 g/mol. The zero-order valence-corrected chi connectivity index (χ0v) is 21.8. The van der Waals surface area contributed by atoms with E-state index in [1.807, 2.05) is 87.2 Å². The highest BCUT2D eigenvalue weighted by Crippen LogP contribution is 2.59. The summed E-state index contributed by atoms with van der Waals surface area (Å²) in [4.78, 5) is 45.1. The zero-order valence-electron chi connectivity index (χ0n) is 21.8. The molecule has 4 atom stereocenters. The first-order valence-corrected chi connectivity index (χ1v) is 12.9. The summed E-state index contributed by atoms with van der Waals surface area (Å²) in [7, 11) is 0. The van der Waals surface area contributed by atoms with Gasteiger partial charge in [0.25, 0.3) is 0 Å². The van der Waals surface area contributed by atoms with Crippen molar-refractivity contribution in [1.29, 1.82) is 0 Å². The van der Waals surface area contributed by atoms with Gasteiger partial charge in [-0.3, -0.25) is 14.4 Å². The highest BCUT2D eigenvalue weighted by molar-refractivity contribution is 6.17. The molecule has 192 valence electrons. The summed E-state index contributed by atoms with van der Waals surface area (Å²) >= 11 is 0. The van der Waals surface area contributed by atoms with Crippen LogP contribution in [0, 0.1) is 17.2 Å². The molecule has 1 spiro atoms. The number of carbonyl (C=O) groups is 3. The topological polar surface area (TPSA) is 66.5 Å². The number of fused-ring (bicyclic) bond motifs is 6. The Balaban J connectivity index is 1.72. The number of nitrogens with one attached hydrogen (secondary N) is 1. The summed E-state index contributed by atoms with van der Waals surface area (Å²) in [6.45, 7) is 7.44. The van der Waals surface area contributed by atoms with Crippen LogP contribution >= 0.6 is 0 Å². The molecule has 0 aromatic heterocycles. The molecule has 4 unspecified atom stereocenters. The molecule has 3 aromatic rings. The van der Waals surface area contributed by atoms with Crippen molar-refractivity contribution in [3.05, 3.63) is 101 Å². The highest BCUT2D eigenvalue weighted by Gasteiger charge is 2.71. The molecule has 0 saturated carbocycles. The first kappa shape index (κ1) is 24.3. The molecule has 38 heavy (non-hydrogen) atoms. The number of carbonyl (C=O) groups excluding carboxylic acids is 3. The fourth-order valence-corrected chi connectivity index (χ4v) is 6.66. The number of ketones is 2. The smallest absolute Gasteiger partial charge is 0.238 e. The van der Waals surface area contributed by atoms with Gasteiger partial charge in [-0.2, -0.15) is 0 Å². The van der Waals surface area contributed by atoms with E-state index in [4.69, 9.17) is 0 Å². The predicted molar refractivity (Wildman–Crippen MR) is 146 cm³/mol. The molecule has 1 amide bonds. The normalized spacial score (nSPS) is 25.4. The first-order valence-electron chi connectivity index (χ1n) is 12.9. The molecule has 6 heteroatoms. The van der Waals surface area contributed by atoms with Gasteiger partial charge in [0.2, 0.25) is 5.91 Å². The van der Waals surface area contributed by atoms with Gasteiger partial charge in [0, 0.05) is 22.4 Å². The molecule has 0 aliphatic carbocycles. The van der Waals surface area contributed by atoms with Crippen molar-refractivity contribution < 1.29 is 18.8 Å². The number of nitrogens with zero attached hydrogens (tertiary/aromatic N) is 1. The number of allylic oxidation sites excluding steroid dienone is 1. The Bertz CT molecular complexity index is 1550. The lowest BCUT2D eigenvalue weighted by Gasteiger charge is -2.39. The molecule has 3 aromatic carbocycles. The molecule has 3 aliphatic rings. The molecule has 3 aliphatic heterocycles. The number of hydrogen-bond acceptors (Lipinski definition) is 4. The first-order chi connectivity index (χ1) is 18.1. The quantitative estimate of drug-likeness (QED) is 0.454. The maximum atomic E-state index is 15.2. The summed E-state index contributed by atoms with van der Waals surface area (Å²) in [6.07, 6.45) is 2.00. The number of halogens is 1. The van der Waals surface area contributed by atoms with Gasteiger partial charge in [-0.25, -0.2) is 4.39 Å². The van der Waals surface area contributed by atoms with Crippen molar-refractivity contribution in [2.45, 2.75) is 45.2 Å².